The van der Waals surface area contributed by atoms with Crippen LogP contribution in [0.15, 0.2) is 46.2 Å². The largest absolute Gasteiger partial charge is 0.437 e. The summed E-state index contributed by atoms with van der Waals surface area (Å²) in [5.74, 6) is 0.753. The van der Waals surface area contributed by atoms with Crippen LogP contribution in [-0.4, -0.2) is 9.97 Å². The minimum Gasteiger partial charge on any atom is -0.437 e. The molecule has 0 fully saturated rings. The SMILES string of the molecule is C=CCc1ccccc1Oc1nc(N)[nH]c(=O)c1Br. The first-order chi connectivity index (χ1) is 9.11. The number of rotatable bonds is 4. The third-order valence-electron chi connectivity index (χ3n) is 2.39. The average Bonchev–Trinajstić information content (AvgIpc) is 2.38. The second-order valence-electron chi connectivity index (χ2n) is 3.77. The van der Waals surface area contributed by atoms with E-state index in [9.17, 15) is 4.79 Å². The highest BCUT2D eigenvalue weighted by molar-refractivity contribution is 9.10. The van der Waals surface area contributed by atoms with Crippen LogP contribution in [0.1, 0.15) is 5.56 Å². The van der Waals surface area contributed by atoms with E-state index < -0.39 is 0 Å². The minimum absolute atomic E-state index is 0.00408. The Morgan fingerprint density at radius 3 is 2.95 bits per heavy atom. The van der Waals surface area contributed by atoms with Crippen molar-refractivity contribution in [3.63, 3.8) is 0 Å². The Kier molecular flexibility index (Phi) is 4.01. The van der Waals surface area contributed by atoms with Gasteiger partial charge in [-0.05, 0) is 34.0 Å². The second kappa shape index (κ2) is 5.71. The third kappa shape index (κ3) is 3.03. The summed E-state index contributed by atoms with van der Waals surface area (Å²) in [6.07, 6.45) is 2.43. The van der Waals surface area contributed by atoms with Crippen molar-refractivity contribution in [2.24, 2.45) is 0 Å². The zero-order chi connectivity index (χ0) is 13.8. The van der Waals surface area contributed by atoms with Gasteiger partial charge in [-0.15, -0.1) is 6.58 Å². The molecule has 1 aromatic carbocycles. The minimum atomic E-state index is -0.385. The van der Waals surface area contributed by atoms with Gasteiger partial charge in [-0.3, -0.25) is 9.78 Å². The van der Waals surface area contributed by atoms with Gasteiger partial charge in [0.1, 0.15) is 10.2 Å². The van der Waals surface area contributed by atoms with Crippen molar-refractivity contribution in [2.45, 2.75) is 6.42 Å². The Balaban J connectivity index is 2.41. The number of hydrogen-bond donors (Lipinski definition) is 2. The van der Waals surface area contributed by atoms with E-state index in [1.54, 1.807) is 12.1 Å². The van der Waals surface area contributed by atoms with Gasteiger partial charge in [0, 0.05) is 0 Å². The Morgan fingerprint density at radius 1 is 1.47 bits per heavy atom. The molecule has 2 aromatic rings. The monoisotopic (exact) mass is 321 g/mol. The molecule has 0 atom stereocenters. The maximum Gasteiger partial charge on any atom is 0.270 e. The molecule has 0 aliphatic rings. The number of allylic oxidation sites excluding steroid dienone is 1. The first-order valence-electron chi connectivity index (χ1n) is 5.53. The van der Waals surface area contributed by atoms with Crippen molar-refractivity contribution in [3.05, 3.63) is 57.3 Å². The molecule has 1 aromatic heterocycles. The molecule has 0 bridgehead atoms. The number of ether oxygens (including phenoxy) is 1. The number of para-hydroxylation sites is 1. The zero-order valence-electron chi connectivity index (χ0n) is 10.0. The van der Waals surface area contributed by atoms with Gasteiger partial charge in [-0.1, -0.05) is 24.3 Å². The molecule has 0 saturated heterocycles. The number of nitrogen functional groups attached to an aromatic ring is 1. The fourth-order valence-electron chi connectivity index (χ4n) is 1.55. The van der Waals surface area contributed by atoms with Gasteiger partial charge in [0.2, 0.25) is 11.8 Å². The molecule has 0 aliphatic heterocycles. The number of aromatic nitrogens is 2. The predicted molar refractivity (Wildman–Crippen MR) is 77.4 cm³/mol. The van der Waals surface area contributed by atoms with Crippen LogP contribution in [-0.2, 0) is 6.42 Å². The second-order valence-corrected chi connectivity index (χ2v) is 4.57. The van der Waals surface area contributed by atoms with E-state index in [0.29, 0.717) is 12.2 Å². The molecule has 3 N–H and O–H groups in total. The van der Waals surface area contributed by atoms with Crippen LogP contribution >= 0.6 is 15.9 Å². The molecule has 0 radical (unpaired) electrons. The van der Waals surface area contributed by atoms with Gasteiger partial charge in [0.15, 0.2) is 0 Å². The summed E-state index contributed by atoms with van der Waals surface area (Å²) in [4.78, 5) is 17.9. The van der Waals surface area contributed by atoms with Gasteiger partial charge < -0.3 is 10.5 Å². The van der Waals surface area contributed by atoms with Crippen molar-refractivity contribution < 1.29 is 4.74 Å². The maximum absolute atomic E-state index is 11.5. The molecule has 98 valence electrons. The summed E-state index contributed by atoms with van der Waals surface area (Å²) in [7, 11) is 0. The highest BCUT2D eigenvalue weighted by atomic mass is 79.9. The first-order valence-corrected chi connectivity index (χ1v) is 6.33. The van der Waals surface area contributed by atoms with E-state index >= 15 is 0 Å². The lowest BCUT2D eigenvalue weighted by atomic mass is 10.1. The van der Waals surface area contributed by atoms with Crippen LogP contribution in [0.2, 0.25) is 0 Å². The van der Waals surface area contributed by atoms with Gasteiger partial charge in [-0.25, -0.2) is 0 Å². The van der Waals surface area contributed by atoms with Crippen LogP contribution in [0.5, 0.6) is 11.6 Å². The smallest absolute Gasteiger partial charge is 0.270 e. The van der Waals surface area contributed by atoms with Crippen molar-refractivity contribution >= 4 is 21.9 Å². The lowest BCUT2D eigenvalue weighted by Crippen LogP contribution is -2.13. The van der Waals surface area contributed by atoms with Gasteiger partial charge in [0.25, 0.3) is 5.56 Å². The molecule has 0 amide bonds. The average molecular weight is 322 g/mol. The number of hydrogen-bond acceptors (Lipinski definition) is 4. The standard InChI is InChI=1S/C13H12BrN3O2/c1-2-5-8-6-3-4-7-9(8)19-12-10(14)11(18)16-13(15)17-12/h2-4,6-7H,1,5H2,(H3,15,16,17,18). The number of aromatic amines is 1. The fourth-order valence-corrected chi connectivity index (χ4v) is 1.82. The summed E-state index contributed by atoms with van der Waals surface area (Å²) in [6.45, 7) is 3.69. The number of halogens is 1. The molecule has 2 rings (SSSR count). The molecule has 1 heterocycles. The topological polar surface area (TPSA) is 81.0 Å². The van der Waals surface area contributed by atoms with E-state index in [0.717, 1.165) is 5.56 Å². The highest BCUT2D eigenvalue weighted by Gasteiger charge is 2.11. The summed E-state index contributed by atoms with van der Waals surface area (Å²) in [5.41, 5.74) is 6.06. The molecule has 0 aliphatic carbocycles. The summed E-state index contributed by atoms with van der Waals surface area (Å²) in [6, 6.07) is 7.46. The lowest BCUT2D eigenvalue weighted by Gasteiger charge is -2.10. The molecule has 5 nitrogen and oxygen atoms in total. The number of nitrogens with one attached hydrogen (secondary N) is 1. The molecular weight excluding hydrogens is 310 g/mol. The quantitative estimate of drug-likeness (QED) is 0.848. The van der Waals surface area contributed by atoms with Crippen molar-refractivity contribution in [3.8, 4) is 11.6 Å². The summed E-state index contributed by atoms with van der Waals surface area (Å²) >= 11 is 3.13. The molecule has 19 heavy (non-hydrogen) atoms. The summed E-state index contributed by atoms with van der Waals surface area (Å²) < 4.78 is 5.85. The van der Waals surface area contributed by atoms with E-state index in [1.165, 1.54) is 0 Å². The first kappa shape index (κ1) is 13.4. The number of nitrogens with two attached hydrogens (primary N) is 1. The van der Waals surface area contributed by atoms with Crippen molar-refractivity contribution in [1.82, 2.24) is 9.97 Å². The Labute approximate surface area is 118 Å². The van der Waals surface area contributed by atoms with E-state index in [1.807, 2.05) is 18.2 Å². The number of H-pyrrole nitrogens is 1. The van der Waals surface area contributed by atoms with Gasteiger partial charge in [0.05, 0.1) is 0 Å². The van der Waals surface area contributed by atoms with E-state index in [4.69, 9.17) is 10.5 Å². The van der Waals surface area contributed by atoms with E-state index in [2.05, 4.69) is 32.5 Å². The molecular formula is C13H12BrN3O2. The van der Waals surface area contributed by atoms with Gasteiger partial charge >= 0.3 is 0 Å². The molecule has 0 saturated carbocycles. The molecule has 6 heteroatoms. The van der Waals surface area contributed by atoms with Crippen molar-refractivity contribution in [2.75, 3.05) is 5.73 Å². The Morgan fingerprint density at radius 2 is 2.21 bits per heavy atom. The summed E-state index contributed by atoms with van der Waals surface area (Å²) in [5, 5.41) is 0. The molecule has 0 spiro atoms. The zero-order valence-corrected chi connectivity index (χ0v) is 11.6. The van der Waals surface area contributed by atoms with Crippen LogP contribution in [0.3, 0.4) is 0 Å². The Bertz CT molecular complexity index is 667. The lowest BCUT2D eigenvalue weighted by molar-refractivity contribution is 0.453. The van der Waals surface area contributed by atoms with E-state index in [-0.39, 0.29) is 21.9 Å². The normalized spacial score (nSPS) is 10.2. The Hall–Kier alpha value is -2.08. The highest BCUT2D eigenvalue weighted by Crippen LogP contribution is 2.28. The number of nitrogens with zero attached hydrogens (tertiary/aromatic N) is 1. The van der Waals surface area contributed by atoms with Crippen LogP contribution < -0.4 is 16.0 Å². The number of anilines is 1. The van der Waals surface area contributed by atoms with Gasteiger partial charge in [-0.2, -0.15) is 4.98 Å². The predicted octanol–water partition coefficient (Wildman–Crippen LogP) is 2.64. The van der Waals surface area contributed by atoms with Crippen LogP contribution in [0.25, 0.3) is 0 Å². The van der Waals surface area contributed by atoms with Crippen LogP contribution in [0.4, 0.5) is 5.95 Å². The third-order valence-corrected chi connectivity index (χ3v) is 3.09. The maximum atomic E-state index is 11.5. The van der Waals surface area contributed by atoms with Crippen molar-refractivity contribution in [1.29, 1.82) is 0 Å². The molecule has 0 unspecified atom stereocenters. The van der Waals surface area contributed by atoms with Crippen LogP contribution in [0, 0.1) is 0 Å². The fraction of sp³-hybridized carbons (Fsp3) is 0.0769. The number of benzene rings is 1.